The van der Waals surface area contributed by atoms with E-state index in [2.05, 4.69) is 15.6 Å². The van der Waals surface area contributed by atoms with Gasteiger partial charge in [0.2, 0.25) is 0 Å². The molecule has 3 aromatic rings. The van der Waals surface area contributed by atoms with Gasteiger partial charge in [0.1, 0.15) is 5.75 Å². The Morgan fingerprint density at radius 3 is 2.41 bits per heavy atom. The van der Waals surface area contributed by atoms with Crippen LogP contribution >= 0.6 is 0 Å². The topological polar surface area (TPSA) is 89.5 Å². The van der Waals surface area contributed by atoms with E-state index in [1.54, 1.807) is 36.5 Å². The third-order valence-electron chi connectivity index (χ3n) is 4.00. The molecule has 0 aliphatic heterocycles. The predicted octanol–water partition coefficient (Wildman–Crippen LogP) is 4.26. The molecule has 2 aromatic carbocycles. The van der Waals surface area contributed by atoms with Gasteiger partial charge < -0.3 is 20.1 Å². The van der Waals surface area contributed by atoms with Crippen molar-refractivity contribution < 1.29 is 19.1 Å². The highest BCUT2D eigenvalue weighted by atomic mass is 16.5. The Morgan fingerprint density at radius 1 is 0.931 bits per heavy atom. The molecule has 0 radical (unpaired) electrons. The van der Waals surface area contributed by atoms with Crippen LogP contribution in [0.1, 0.15) is 27.6 Å². The van der Waals surface area contributed by atoms with Gasteiger partial charge in [-0.3, -0.25) is 9.78 Å². The molecule has 0 atom stereocenters. The molecule has 2 N–H and O–H groups in total. The molecule has 0 saturated carbocycles. The third kappa shape index (κ3) is 5.32. The molecule has 0 aliphatic rings. The zero-order chi connectivity index (χ0) is 20.6. The van der Waals surface area contributed by atoms with Crippen molar-refractivity contribution in [2.24, 2.45) is 0 Å². The lowest BCUT2D eigenvalue weighted by atomic mass is 10.2. The van der Waals surface area contributed by atoms with E-state index >= 15 is 0 Å². The van der Waals surface area contributed by atoms with Crippen LogP contribution in [-0.2, 0) is 4.74 Å². The second-order valence-corrected chi connectivity index (χ2v) is 6.07. The maximum Gasteiger partial charge on any atom is 0.337 e. The molecule has 7 heteroatoms. The zero-order valence-corrected chi connectivity index (χ0v) is 16.1. The number of hydrogen-bond donors (Lipinski definition) is 2. The Bertz CT molecular complexity index is 1000. The minimum atomic E-state index is -0.468. The summed E-state index contributed by atoms with van der Waals surface area (Å²) in [7, 11) is 1.31. The minimum Gasteiger partial charge on any atom is -0.494 e. The molecule has 1 aromatic heterocycles. The number of esters is 1. The number of pyridine rings is 1. The van der Waals surface area contributed by atoms with Gasteiger partial charge >= 0.3 is 5.97 Å². The van der Waals surface area contributed by atoms with Crippen molar-refractivity contribution in [1.82, 2.24) is 4.98 Å². The molecule has 0 fully saturated rings. The summed E-state index contributed by atoms with van der Waals surface area (Å²) < 4.78 is 10.1. The minimum absolute atomic E-state index is 0.338. The second-order valence-electron chi connectivity index (χ2n) is 6.07. The number of nitrogens with zero attached hydrogens (tertiary/aromatic N) is 1. The van der Waals surface area contributed by atoms with Crippen molar-refractivity contribution in [2.45, 2.75) is 6.92 Å². The van der Waals surface area contributed by atoms with Gasteiger partial charge in [-0.05, 0) is 55.5 Å². The van der Waals surface area contributed by atoms with Crippen molar-refractivity contribution in [3.05, 3.63) is 78.1 Å². The van der Waals surface area contributed by atoms with Crippen LogP contribution in [0.2, 0.25) is 0 Å². The SMILES string of the molecule is CCOc1ccc(Nc2cncc(C(=O)Nc3cccc(C(=O)OC)c3)c2)cc1. The van der Waals surface area contributed by atoms with Crippen molar-refractivity contribution in [1.29, 1.82) is 0 Å². The maximum atomic E-state index is 12.6. The number of rotatable bonds is 7. The van der Waals surface area contributed by atoms with E-state index in [4.69, 9.17) is 9.47 Å². The third-order valence-corrected chi connectivity index (χ3v) is 4.00. The molecule has 0 aliphatic carbocycles. The van der Waals surface area contributed by atoms with Crippen molar-refractivity contribution in [2.75, 3.05) is 24.4 Å². The molecule has 29 heavy (non-hydrogen) atoms. The smallest absolute Gasteiger partial charge is 0.337 e. The predicted molar refractivity (Wildman–Crippen MR) is 111 cm³/mol. The van der Waals surface area contributed by atoms with Crippen LogP contribution in [-0.4, -0.2) is 30.6 Å². The number of aromatic nitrogens is 1. The Labute approximate surface area is 168 Å². The lowest BCUT2D eigenvalue weighted by molar-refractivity contribution is 0.0600. The largest absolute Gasteiger partial charge is 0.494 e. The summed E-state index contributed by atoms with van der Waals surface area (Å²) in [4.78, 5) is 28.3. The van der Waals surface area contributed by atoms with Gasteiger partial charge in [-0.1, -0.05) is 6.07 Å². The summed E-state index contributed by atoms with van der Waals surface area (Å²) in [5, 5.41) is 5.96. The molecule has 0 saturated heterocycles. The van der Waals surface area contributed by atoms with E-state index in [1.165, 1.54) is 13.3 Å². The summed E-state index contributed by atoms with van der Waals surface area (Å²) >= 11 is 0. The first-order valence-electron chi connectivity index (χ1n) is 9.03. The highest BCUT2D eigenvalue weighted by Crippen LogP contribution is 2.21. The van der Waals surface area contributed by atoms with E-state index < -0.39 is 5.97 Å². The van der Waals surface area contributed by atoms with Crippen LogP contribution in [0.4, 0.5) is 17.1 Å². The van der Waals surface area contributed by atoms with Crippen LogP contribution in [0.15, 0.2) is 67.0 Å². The normalized spacial score (nSPS) is 10.1. The number of hydrogen-bond acceptors (Lipinski definition) is 6. The van der Waals surface area contributed by atoms with E-state index in [9.17, 15) is 9.59 Å². The number of amides is 1. The number of carbonyl (C=O) groups excluding carboxylic acids is 2. The van der Waals surface area contributed by atoms with Crippen LogP contribution < -0.4 is 15.4 Å². The molecule has 7 nitrogen and oxygen atoms in total. The monoisotopic (exact) mass is 391 g/mol. The highest BCUT2D eigenvalue weighted by Gasteiger charge is 2.10. The molecule has 0 bridgehead atoms. The molecule has 148 valence electrons. The Morgan fingerprint density at radius 2 is 1.69 bits per heavy atom. The fourth-order valence-corrected chi connectivity index (χ4v) is 2.65. The first-order chi connectivity index (χ1) is 14.1. The summed E-state index contributed by atoms with van der Waals surface area (Å²) in [6, 6.07) is 15.7. The number of carbonyl (C=O) groups is 2. The molecule has 0 spiro atoms. The number of nitrogens with one attached hydrogen (secondary N) is 2. The maximum absolute atomic E-state index is 12.6. The molecular weight excluding hydrogens is 370 g/mol. The van der Waals surface area contributed by atoms with Gasteiger partial charge in [0.25, 0.3) is 5.91 Å². The van der Waals surface area contributed by atoms with E-state index in [-0.39, 0.29) is 5.91 Å². The Balaban J connectivity index is 1.70. The highest BCUT2D eigenvalue weighted by molar-refractivity contribution is 6.05. The van der Waals surface area contributed by atoms with E-state index in [0.29, 0.717) is 29.1 Å². The lowest BCUT2D eigenvalue weighted by Crippen LogP contribution is -2.13. The van der Waals surface area contributed by atoms with Crippen LogP contribution in [0.5, 0.6) is 5.75 Å². The van der Waals surface area contributed by atoms with E-state index in [1.807, 2.05) is 31.2 Å². The first-order valence-corrected chi connectivity index (χ1v) is 9.03. The van der Waals surface area contributed by atoms with Crippen LogP contribution in [0.3, 0.4) is 0 Å². The standard InChI is InChI=1S/C22H21N3O4/c1-3-29-20-9-7-17(8-10-20)24-19-12-16(13-23-14-19)21(26)25-18-6-4-5-15(11-18)22(27)28-2/h4-14,24H,3H2,1-2H3,(H,25,26). The summed E-state index contributed by atoms with van der Waals surface area (Å²) in [6.07, 6.45) is 3.11. The fraction of sp³-hybridized carbons (Fsp3) is 0.136. The average Bonchev–Trinajstić information content (AvgIpc) is 2.75. The molecule has 1 heterocycles. The van der Waals surface area contributed by atoms with E-state index in [0.717, 1.165) is 11.4 Å². The Hall–Kier alpha value is -3.87. The van der Waals surface area contributed by atoms with Gasteiger partial charge in [0.05, 0.1) is 36.7 Å². The number of methoxy groups -OCH3 is 1. The van der Waals surface area contributed by atoms with Gasteiger partial charge in [-0.25, -0.2) is 4.79 Å². The van der Waals surface area contributed by atoms with Crippen molar-refractivity contribution in [3.63, 3.8) is 0 Å². The van der Waals surface area contributed by atoms with Gasteiger partial charge in [0.15, 0.2) is 0 Å². The first kappa shape index (κ1) is 19.9. The number of ether oxygens (including phenoxy) is 2. The molecular formula is C22H21N3O4. The number of anilines is 3. The van der Waals surface area contributed by atoms with Gasteiger partial charge in [-0.2, -0.15) is 0 Å². The van der Waals surface area contributed by atoms with Crippen molar-refractivity contribution in [3.8, 4) is 5.75 Å². The summed E-state index contributed by atoms with van der Waals surface area (Å²) in [6.45, 7) is 2.54. The summed E-state index contributed by atoms with van der Waals surface area (Å²) in [5.41, 5.74) is 2.74. The molecule has 3 rings (SSSR count). The average molecular weight is 391 g/mol. The number of benzene rings is 2. The second kappa shape index (κ2) is 9.36. The van der Waals surface area contributed by atoms with Crippen LogP contribution in [0.25, 0.3) is 0 Å². The zero-order valence-electron chi connectivity index (χ0n) is 16.1. The lowest BCUT2D eigenvalue weighted by Gasteiger charge is -2.10. The Kier molecular flexibility index (Phi) is 6.42. The molecule has 1 amide bonds. The fourth-order valence-electron chi connectivity index (χ4n) is 2.65. The molecule has 0 unspecified atom stereocenters. The van der Waals surface area contributed by atoms with Gasteiger partial charge in [-0.15, -0.1) is 0 Å². The van der Waals surface area contributed by atoms with Gasteiger partial charge in [0, 0.05) is 17.6 Å². The van der Waals surface area contributed by atoms with Crippen molar-refractivity contribution >= 4 is 28.9 Å². The van der Waals surface area contributed by atoms with Crippen LogP contribution in [0, 0.1) is 0 Å². The quantitative estimate of drug-likeness (QED) is 0.585. The summed E-state index contributed by atoms with van der Waals surface area (Å²) in [5.74, 6) is -0.0160.